The predicted octanol–water partition coefficient (Wildman–Crippen LogP) is 2.16. The van der Waals surface area contributed by atoms with Crippen LogP contribution in [0.1, 0.15) is 25.5 Å². The molecular formula is C13H18N4O2S. The number of sulfonamides is 1. The van der Waals surface area contributed by atoms with Crippen molar-refractivity contribution in [2.45, 2.75) is 31.7 Å². The van der Waals surface area contributed by atoms with Crippen molar-refractivity contribution in [3.63, 3.8) is 0 Å². The lowest BCUT2D eigenvalue weighted by molar-refractivity contribution is 0.532. The molecule has 0 aliphatic carbocycles. The molecule has 3 N–H and O–H groups in total. The monoisotopic (exact) mass is 294 g/mol. The Morgan fingerprint density at radius 3 is 2.65 bits per heavy atom. The van der Waals surface area contributed by atoms with Crippen molar-refractivity contribution < 1.29 is 8.42 Å². The van der Waals surface area contributed by atoms with E-state index >= 15 is 0 Å². The predicted molar refractivity (Wildman–Crippen MR) is 79.0 cm³/mol. The summed E-state index contributed by atoms with van der Waals surface area (Å²) in [6, 6.07) is 4.97. The molecular weight excluding hydrogens is 276 g/mol. The fraction of sp³-hybridized carbons (Fsp3) is 0.308. The average Bonchev–Trinajstić information content (AvgIpc) is 2.80. The molecule has 7 heteroatoms. The van der Waals surface area contributed by atoms with Crippen molar-refractivity contribution in [1.29, 1.82) is 0 Å². The van der Waals surface area contributed by atoms with Crippen LogP contribution in [-0.2, 0) is 10.0 Å². The van der Waals surface area contributed by atoms with Crippen LogP contribution in [0.15, 0.2) is 35.5 Å². The fourth-order valence-corrected chi connectivity index (χ4v) is 3.10. The van der Waals surface area contributed by atoms with E-state index in [-0.39, 0.29) is 10.9 Å². The minimum atomic E-state index is -3.66. The summed E-state index contributed by atoms with van der Waals surface area (Å²) in [7, 11) is -3.66. The Hall–Kier alpha value is -2.02. The lowest BCUT2D eigenvalue weighted by Crippen LogP contribution is -2.14. The number of aryl methyl sites for hydroxylation is 1. The lowest BCUT2D eigenvalue weighted by Gasteiger charge is -2.09. The minimum Gasteiger partial charge on any atom is -0.399 e. The smallest absolute Gasteiger partial charge is 0.262 e. The maximum absolute atomic E-state index is 12.4. The average molecular weight is 294 g/mol. The lowest BCUT2D eigenvalue weighted by atomic mass is 10.2. The Balaban J connectivity index is 2.33. The summed E-state index contributed by atoms with van der Waals surface area (Å²) < 4.78 is 28.9. The largest absolute Gasteiger partial charge is 0.399 e. The molecule has 1 aromatic heterocycles. The highest BCUT2D eigenvalue weighted by Crippen LogP contribution is 2.21. The van der Waals surface area contributed by atoms with Crippen LogP contribution in [0.5, 0.6) is 0 Å². The van der Waals surface area contributed by atoms with Gasteiger partial charge >= 0.3 is 0 Å². The Kier molecular flexibility index (Phi) is 3.71. The molecule has 2 aromatic rings. The van der Waals surface area contributed by atoms with Gasteiger partial charge in [0.15, 0.2) is 0 Å². The van der Waals surface area contributed by atoms with Crippen molar-refractivity contribution in [3.8, 4) is 0 Å². The summed E-state index contributed by atoms with van der Waals surface area (Å²) in [6.07, 6.45) is 3.14. The van der Waals surface area contributed by atoms with E-state index in [1.165, 1.54) is 12.3 Å². The molecule has 0 fully saturated rings. The van der Waals surface area contributed by atoms with Gasteiger partial charge in [-0.25, -0.2) is 8.42 Å². The van der Waals surface area contributed by atoms with E-state index in [9.17, 15) is 8.42 Å². The van der Waals surface area contributed by atoms with Gasteiger partial charge in [0.2, 0.25) is 0 Å². The van der Waals surface area contributed by atoms with Crippen LogP contribution in [0.4, 0.5) is 11.4 Å². The topological polar surface area (TPSA) is 90.0 Å². The second kappa shape index (κ2) is 5.16. The molecule has 1 aromatic carbocycles. The normalized spacial score (nSPS) is 11.8. The number of nitrogens with two attached hydrogens (primary N) is 1. The fourth-order valence-electron chi connectivity index (χ4n) is 1.79. The van der Waals surface area contributed by atoms with Gasteiger partial charge in [0, 0.05) is 17.9 Å². The molecule has 0 aliphatic rings. The molecule has 0 aliphatic heterocycles. The quantitative estimate of drug-likeness (QED) is 0.845. The summed E-state index contributed by atoms with van der Waals surface area (Å²) in [5, 5.41) is 4.10. The van der Waals surface area contributed by atoms with E-state index in [0.717, 1.165) is 0 Å². The SMILES string of the molecule is Cc1ccc(N)cc1S(=O)(=O)Nc1cnn(C(C)C)c1. The zero-order valence-electron chi connectivity index (χ0n) is 11.7. The van der Waals surface area contributed by atoms with E-state index in [1.54, 1.807) is 29.9 Å². The summed E-state index contributed by atoms with van der Waals surface area (Å²) >= 11 is 0. The standard InChI is InChI=1S/C13H18N4O2S/c1-9(2)17-8-12(7-15-17)16-20(18,19)13-6-11(14)5-4-10(13)3/h4-9,16H,14H2,1-3H3. The van der Waals surface area contributed by atoms with E-state index in [1.807, 2.05) is 13.8 Å². The van der Waals surface area contributed by atoms with Crippen molar-refractivity contribution in [3.05, 3.63) is 36.2 Å². The first-order valence-electron chi connectivity index (χ1n) is 6.22. The van der Waals surface area contributed by atoms with Gasteiger partial charge in [0.1, 0.15) is 0 Å². The van der Waals surface area contributed by atoms with Crippen molar-refractivity contribution in [2.75, 3.05) is 10.5 Å². The number of benzene rings is 1. The number of nitrogens with zero attached hydrogens (tertiary/aromatic N) is 2. The Bertz CT molecular complexity index is 720. The molecule has 0 amide bonds. The molecule has 6 nitrogen and oxygen atoms in total. The maximum atomic E-state index is 12.4. The van der Waals surface area contributed by atoms with Gasteiger partial charge in [-0.2, -0.15) is 5.10 Å². The Morgan fingerprint density at radius 1 is 1.35 bits per heavy atom. The first-order chi connectivity index (χ1) is 9.29. The number of rotatable bonds is 4. The van der Waals surface area contributed by atoms with Crippen LogP contribution in [0, 0.1) is 6.92 Å². The Morgan fingerprint density at radius 2 is 2.05 bits per heavy atom. The number of aromatic nitrogens is 2. The van der Waals surface area contributed by atoms with Crippen LogP contribution >= 0.6 is 0 Å². The van der Waals surface area contributed by atoms with Gasteiger partial charge in [0.25, 0.3) is 10.0 Å². The molecule has 1 heterocycles. The summed E-state index contributed by atoms with van der Waals surface area (Å²) in [5.41, 5.74) is 7.14. The highest BCUT2D eigenvalue weighted by atomic mass is 32.2. The van der Waals surface area contributed by atoms with Gasteiger partial charge < -0.3 is 5.73 Å². The van der Waals surface area contributed by atoms with E-state index < -0.39 is 10.0 Å². The van der Waals surface area contributed by atoms with E-state index in [2.05, 4.69) is 9.82 Å². The number of nitrogens with one attached hydrogen (secondary N) is 1. The second-order valence-electron chi connectivity index (χ2n) is 4.93. The van der Waals surface area contributed by atoms with Crippen molar-refractivity contribution >= 4 is 21.4 Å². The minimum absolute atomic E-state index is 0.169. The highest BCUT2D eigenvalue weighted by molar-refractivity contribution is 7.92. The summed E-state index contributed by atoms with van der Waals surface area (Å²) in [6.45, 7) is 5.66. The first kappa shape index (κ1) is 14.4. The zero-order chi connectivity index (χ0) is 14.9. The molecule has 0 atom stereocenters. The van der Waals surface area contributed by atoms with Crippen molar-refractivity contribution in [1.82, 2.24) is 9.78 Å². The third-order valence-corrected chi connectivity index (χ3v) is 4.41. The summed E-state index contributed by atoms with van der Waals surface area (Å²) in [5.74, 6) is 0. The van der Waals surface area contributed by atoms with Crippen LogP contribution in [0.25, 0.3) is 0 Å². The van der Waals surface area contributed by atoms with Gasteiger partial charge in [-0.3, -0.25) is 9.40 Å². The maximum Gasteiger partial charge on any atom is 0.262 e. The second-order valence-corrected chi connectivity index (χ2v) is 6.58. The third-order valence-electron chi connectivity index (χ3n) is 2.88. The highest BCUT2D eigenvalue weighted by Gasteiger charge is 2.18. The molecule has 0 bridgehead atoms. The van der Waals surface area contributed by atoms with E-state index in [4.69, 9.17) is 5.73 Å². The molecule has 108 valence electrons. The molecule has 0 radical (unpaired) electrons. The number of anilines is 2. The van der Waals surface area contributed by atoms with Gasteiger partial charge in [-0.1, -0.05) is 6.07 Å². The van der Waals surface area contributed by atoms with Crippen molar-refractivity contribution in [2.24, 2.45) is 0 Å². The molecule has 0 saturated heterocycles. The Labute approximate surface area is 118 Å². The molecule has 20 heavy (non-hydrogen) atoms. The van der Waals surface area contributed by atoms with Crippen LogP contribution in [-0.4, -0.2) is 18.2 Å². The van der Waals surface area contributed by atoms with Crippen LogP contribution in [0.2, 0.25) is 0 Å². The van der Waals surface area contributed by atoms with Crippen LogP contribution < -0.4 is 10.5 Å². The van der Waals surface area contributed by atoms with Crippen LogP contribution in [0.3, 0.4) is 0 Å². The number of hydrogen-bond acceptors (Lipinski definition) is 4. The molecule has 0 saturated carbocycles. The molecule has 0 unspecified atom stereocenters. The summed E-state index contributed by atoms with van der Waals surface area (Å²) in [4.78, 5) is 0.176. The van der Waals surface area contributed by atoms with Gasteiger partial charge in [-0.05, 0) is 38.5 Å². The van der Waals surface area contributed by atoms with E-state index in [0.29, 0.717) is 16.9 Å². The first-order valence-corrected chi connectivity index (χ1v) is 7.71. The molecule has 2 rings (SSSR count). The number of nitrogen functional groups attached to an aromatic ring is 1. The van der Waals surface area contributed by atoms with Gasteiger partial charge in [-0.15, -0.1) is 0 Å². The third kappa shape index (κ3) is 2.93. The zero-order valence-corrected chi connectivity index (χ0v) is 12.5. The van der Waals surface area contributed by atoms with Gasteiger partial charge in [0.05, 0.1) is 16.8 Å². The molecule has 0 spiro atoms. The number of hydrogen-bond donors (Lipinski definition) is 2.